The lowest BCUT2D eigenvalue weighted by Crippen LogP contribution is -2.31. The summed E-state index contributed by atoms with van der Waals surface area (Å²) >= 11 is 0. The van der Waals surface area contributed by atoms with E-state index in [4.69, 9.17) is 11.3 Å². The zero-order valence-electron chi connectivity index (χ0n) is 25.1. The molecule has 0 fully saturated rings. The first kappa shape index (κ1) is 16.7. The van der Waals surface area contributed by atoms with Crippen molar-refractivity contribution in [2.24, 2.45) is 13.0 Å². The average Bonchev–Trinajstić information content (AvgIpc) is 3.27. The molecule has 34 heavy (non-hydrogen) atoms. The molecule has 0 amide bonds. The predicted molar refractivity (Wildman–Crippen MR) is 138 cm³/mol. The zero-order chi connectivity index (χ0) is 28.3. The molecule has 0 atom stereocenters. The van der Waals surface area contributed by atoms with Gasteiger partial charge in [0.05, 0.1) is 24.0 Å². The van der Waals surface area contributed by atoms with Crippen LogP contribution in [-0.4, -0.2) is 0 Å². The van der Waals surface area contributed by atoms with Crippen LogP contribution in [-0.2, 0) is 13.5 Å². The van der Waals surface area contributed by atoms with Crippen LogP contribution in [0.3, 0.4) is 0 Å². The van der Waals surface area contributed by atoms with E-state index in [9.17, 15) is 5.26 Å². The Kier molecular flexibility index (Phi) is 4.15. The third kappa shape index (κ3) is 3.66. The van der Waals surface area contributed by atoms with E-state index in [1.54, 1.807) is 12.1 Å². The van der Waals surface area contributed by atoms with Crippen molar-refractivity contribution in [1.29, 1.82) is 5.26 Å². The highest BCUT2D eigenvalue weighted by atomic mass is 16.3. The van der Waals surface area contributed by atoms with Crippen LogP contribution in [0.1, 0.15) is 43.0 Å². The molecule has 3 heteroatoms. The van der Waals surface area contributed by atoms with Crippen LogP contribution < -0.4 is 4.57 Å². The van der Waals surface area contributed by atoms with E-state index < -0.39 is 18.1 Å². The summed E-state index contributed by atoms with van der Waals surface area (Å²) in [6.45, 7) is 8.41. The Morgan fingerprint density at radius 2 is 1.79 bits per heavy atom. The molecule has 3 nitrogen and oxygen atoms in total. The second-order valence-electron chi connectivity index (χ2n) is 9.33. The van der Waals surface area contributed by atoms with Gasteiger partial charge in [-0.1, -0.05) is 50.1 Å². The highest BCUT2D eigenvalue weighted by Gasteiger charge is 2.24. The number of aromatic nitrogens is 1. The van der Waals surface area contributed by atoms with Gasteiger partial charge in [0.1, 0.15) is 18.2 Å². The molecule has 0 aliphatic heterocycles. The minimum atomic E-state index is -0.464. The normalized spacial score (nSPS) is 13.5. The Bertz CT molecular complexity index is 1840. The van der Waals surface area contributed by atoms with Crippen LogP contribution in [0.15, 0.2) is 71.2 Å². The summed E-state index contributed by atoms with van der Waals surface area (Å²) in [5.74, 6) is 0.500. The van der Waals surface area contributed by atoms with Gasteiger partial charge < -0.3 is 4.42 Å². The fourth-order valence-corrected chi connectivity index (χ4v) is 4.83. The molecule has 2 aromatic heterocycles. The zero-order valence-corrected chi connectivity index (χ0v) is 20.1. The molecule has 0 saturated carbocycles. The van der Waals surface area contributed by atoms with E-state index in [0.29, 0.717) is 33.6 Å². The lowest BCUT2D eigenvalue weighted by atomic mass is 9.94. The molecule has 2 heterocycles. The van der Waals surface area contributed by atoms with Gasteiger partial charge in [0.2, 0.25) is 5.69 Å². The Balaban J connectivity index is 1.94. The van der Waals surface area contributed by atoms with Crippen molar-refractivity contribution in [2.75, 3.05) is 0 Å². The number of pyridine rings is 1. The predicted octanol–water partition coefficient (Wildman–Crippen LogP) is 7.43. The van der Waals surface area contributed by atoms with E-state index in [2.05, 4.69) is 42.7 Å². The number of nitrogens with zero attached hydrogens (tertiary/aromatic N) is 2. The van der Waals surface area contributed by atoms with Gasteiger partial charge >= 0.3 is 0 Å². The lowest BCUT2D eigenvalue weighted by molar-refractivity contribution is -0.660. The Morgan fingerprint density at radius 3 is 2.50 bits per heavy atom. The molecule has 5 aromatic rings. The van der Waals surface area contributed by atoms with E-state index in [1.807, 2.05) is 27.1 Å². The Labute approximate surface area is 207 Å². The number of nitriles is 1. The van der Waals surface area contributed by atoms with Crippen molar-refractivity contribution < 1.29 is 15.8 Å². The summed E-state index contributed by atoms with van der Waals surface area (Å²) in [4.78, 5) is 0. The lowest BCUT2D eigenvalue weighted by Gasteiger charge is -2.10. The average molecular weight is 451 g/mol. The van der Waals surface area contributed by atoms with Gasteiger partial charge in [-0.3, -0.25) is 0 Å². The summed E-state index contributed by atoms with van der Waals surface area (Å²) in [5.41, 5.74) is 6.79. The van der Waals surface area contributed by atoms with Gasteiger partial charge in [0.15, 0.2) is 6.20 Å². The largest absolute Gasteiger partial charge is 0.454 e. The van der Waals surface area contributed by atoms with Gasteiger partial charge in [0, 0.05) is 28.5 Å². The summed E-state index contributed by atoms with van der Waals surface area (Å²) in [6.07, 6.45) is 2.99. The fourth-order valence-electron chi connectivity index (χ4n) is 4.83. The standard InChI is InChI=1S/C31H29N2O/c1-19(2)13-22-11-12-33(5)27(17-22)29-21(4)14-20(3)28-26-16-23(18-32)15-25(30(26)34-31(28)29)24-9-7-6-8-10-24/h6-12,14-17,19H,13H2,1-5H3/q+1/i6D,7D,8D,9D,10D. The van der Waals surface area contributed by atoms with Crippen molar-refractivity contribution in [3.8, 4) is 28.5 Å². The number of hydrogen-bond donors (Lipinski definition) is 0. The van der Waals surface area contributed by atoms with E-state index in [-0.39, 0.29) is 17.6 Å². The van der Waals surface area contributed by atoms with Crippen LogP contribution in [0.2, 0.25) is 0 Å². The second-order valence-corrected chi connectivity index (χ2v) is 9.33. The van der Waals surface area contributed by atoms with Crippen molar-refractivity contribution in [2.45, 2.75) is 34.1 Å². The Hall–Kier alpha value is -3.90. The second kappa shape index (κ2) is 8.47. The van der Waals surface area contributed by atoms with Crippen molar-refractivity contribution in [1.82, 2.24) is 0 Å². The van der Waals surface area contributed by atoms with Gasteiger partial charge in [-0.25, -0.2) is 4.57 Å². The molecule has 3 aromatic carbocycles. The molecule has 0 spiro atoms. The number of aryl methyl sites for hydroxylation is 3. The van der Waals surface area contributed by atoms with Gasteiger partial charge in [-0.05, 0) is 60.6 Å². The number of rotatable bonds is 4. The fraction of sp³-hybridized carbons (Fsp3) is 0.226. The quantitative estimate of drug-likeness (QED) is 0.267. The monoisotopic (exact) mass is 450 g/mol. The summed E-state index contributed by atoms with van der Waals surface area (Å²) in [7, 11) is 1.99. The van der Waals surface area contributed by atoms with Gasteiger partial charge in [0.25, 0.3) is 0 Å². The SMILES string of the molecule is [2H]c1c([2H])c([2H])c(-c2cc(C#N)cc3c2oc2c(-c4cc(CC(C)C)cc[n+]4C)c(C)cc(C)c23)c([2H])c1[2H]. The van der Waals surface area contributed by atoms with Crippen molar-refractivity contribution in [3.05, 3.63) is 89.0 Å². The number of hydrogen-bond acceptors (Lipinski definition) is 2. The molecule has 0 aliphatic carbocycles. The van der Waals surface area contributed by atoms with Crippen LogP contribution in [0.25, 0.3) is 44.3 Å². The summed E-state index contributed by atoms with van der Waals surface area (Å²) < 4.78 is 50.2. The first-order valence-corrected chi connectivity index (χ1v) is 11.4. The van der Waals surface area contributed by atoms with Gasteiger partial charge in [-0.15, -0.1) is 0 Å². The maximum Gasteiger partial charge on any atom is 0.216 e. The molecule has 0 bridgehead atoms. The van der Waals surface area contributed by atoms with Crippen LogP contribution in [0.5, 0.6) is 0 Å². The molecule has 0 unspecified atom stereocenters. The number of benzene rings is 3. The topological polar surface area (TPSA) is 40.8 Å². The maximum atomic E-state index is 9.87. The van der Waals surface area contributed by atoms with E-state index in [1.165, 1.54) is 5.56 Å². The number of furan rings is 1. The first-order valence-electron chi connectivity index (χ1n) is 13.9. The minimum absolute atomic E-state index is 0.0163. The highest BCUT2D eigenvalue weighted by molar-refractivity contribution is 6.15. The van der Waals surface area contributed by atoms with E-state index >= 15 is 0 Å². The van der Waals surface area contributed by atoms with E-state index in [0.717, 1.165) is 34.2 Å². The summed E-state index contributed by atoms with van der Waals surface area (Å²) in [5, 5.41) is 11.4. The van der Waals surface area contributed by atoms with Crippen LogP contribution in [0.4, 0.5) is 0 Å². The smallest absolute Gasteiger partial charge is 0.216 e. The van der Waals surface area contributed by atoms with Crippen molar-refractivity contribution in [3.63, 3.8) is 0 Å². The van der Waals surface area contributed by atoms with Crippen LogP contribution >= 0.6 is 0 Å². The Morgan fingerprint density at radius 1 is 1.03 bits per heavy atom. The molecule has 0 saturated heterocycles. The molecule has 0 aliphatic rings. The third-order valence-corrected chi connectivity index (χ3v) is 6.25. The van der Waals surface area contributed by atoms with Crippen molar-refractivity contribution >= 4 is 21.9 Å². The third-order valence-electron chi connectivity index (χ3n) is 6.25. The molecule has 168 valence electrons. The highest BCUT2D eigenvalue weighted by Crippen LogP contribution is 2.42. The molecular weight excluding hydrogens is 416 g/mol. The molecule has 5 rings (SSSR count). The molecule has 0 radical (unpaired) electrons. The maximum absolute atomic E-state index is 9.87. The number of fused-ring (bicyclic) bond motifs is 3. The van der Waals surface area contributed by atoms with Gasteiger partial charge in [-0.2, -0.15) is 5.26 Å². The van der Waals surface area contributed by atoms with Crippen LogP contribution in [0, 0.1) is 31.1 Å². The summed E-state index contributed by atoms with van der Waals surface area (Å²) in [6, 6.07) is 9.88. The first-order chi connectivity index (χ1) is 18.4. The minimum Gasteiger partial charge on any atom is -0.454 e. The molecule has 0 N–H and O–H groups in total. The molecular formula is C31H29N2O+.